The maximum atomic E-state index is 12.5. The molecule has 0 spiro atoms. The van der Waals surface area contributed by atoms with Gasteiger partial charge in [-0.05, 0) is 25.0 Å². The Hall–Kier alpha value is -3.16. The number of urea groups is 1. The van der Waals surface area contributed by atoms with Crippen LogP contribution in [0.25, 0.3) is 17.0 Å². The summed E-state index contributed by atoms with van der Waals surface area (Å²) in [5, 5.41) is 16.5. The van der Waals surface area contributed by atoms with Crippen LogP contribution in [0.4, 0.5) is 10.6 Å². The molecule has 0 unspecified atom stereocenters. The molecule has 8 heteroatoms. The smallest absolute Gasteiger partial charge is 0.317 e. The van der Waals surface area contributed by atoms with Crippen LogP contribution in [0.15, 0.2) is 42.5 Å². The summed E-state index contributed by atoms with van der Waals surface area (Å²) >= 11 is 0. The first-order chi connectivity index (χ1) is 14.3. The lowest BCUT2D eigenvalue weighted by molar-refractivity contribution is 0.190. The first-order valence-corrected chi connectivity index (χ1v) is 10.4. The van der Waals surface area contributed by atoms with Gasteiger partial charge >= 0.3 is 6.03 Å². The number of hydrogen-bond acceptors (Lipinski definition) is 5. The summed E-state index contributed by atoms with van der Waals surface area (Å²) in [7, 11) is 0. The molecule has 2 aromatic heterocycles. The van der Waals surface area contributed by atoms with Gasteiger partial charge in [-0.25, -0.2) is 4.79 Å². The van der Waals surface area contributed by atoms with Crippen molar-refractivity contribution in [2.75, 3.05) is 31.1 Å². The Morgan fingerprint density at radius 2 is 1.69 bits per heavy atom. The lowest BCUT2D eigenvalue weighted by Crippen LogP contribution is -2.53. The van der Waals surface area contributed by atoms with Crippen LogP contribution in [0.3, 0.4) is 0 Å². The Morgan fingerprint density at radius 1 is 0.931 bits per heavy atom. The van der Waals surface area contributed by atoms with Gasteiger partial charge in [-0.15, -0.1) is 15.3 Å². The molecule has 5 rings (SSSR count). The number of fused-ring (bicyclic) bond motifs is 1. The molecule has 0 atom stereocenters. The summed E-state index contributed by atoms with van der Waals surface area (Å²) in [6.45, 7) is 2.93. The number of hydrogen-bond donors (Lipinski definition) is 1. The van der Waals surface area contributed by atoms with Gasteiger partial charge in [0.2, 0.25) is 0 Å². The normalized spacial score (nSPS) is 17.8. The maximum absolute atomic E-state index is 12.5. The summed E-state index contributed by atoms with van der Waals surface area (Å²) in [6, 6.07) is 14.3. The molecular weight excluding hydrogens is 366 g/mol. The molecule has 1 saturated heterocycles. The molecule has 2 aliphatic rings. The molecule has 1 N–H and O–H groups in total. The number of rotatable bonds is 3. The molecule has 0 radical (unpaired) electrons. The van der Waals surface area contributed by atoms with E-state index in [2.05, 4.69) is 20.4 Å². The third-order valence-electron chi connectivity index (χ3n) is 5.85. The van der Waals surface area contributed by atoms with Gasteiger partial charge in [-0.2, -0.15) is 4.52 Å². The van der Waals surface area contributed by atoms with Crippen molar-refractivity contribution < 1.29 is 4.79 Å². The second-order valence-corrected chi connectivity index (χ2v) is 7.76. The molecule has 1 aliphatic heterocycles. The standard InChI is InChI=1S/C21H25N7O/c29-21(22-17-8-4-5-9-17)27-14-12-26(13-15-27)19-11-10-18-23-24-20(28(18)25-19)16-6-2-1-3-7-16/h1-3,6-7,10-11,17H,4-5,8-9,12-15H2,(H,22,29). The first-order valence-electron chi connectivity index (χ1n) is 10.4. The third-order valence-corrected chi connectivity index (χ3v) is 5.85. The second-order valence-electron chi connectivity index (χ2n) is 7.76. The van der Waals surface area contributed by atoms with Crippen molar-refractivity contribution in [3.8, 4) is 11.4 Å². The predicted molar refractivity (Wildman–Crippen MR) is 111 cm³/mol. The maximum Gasteiger partial charge on any atom is 0.317 e. The number of nitrogens with zero attached hydrogens (tertiary/aromatic N) is 6. The Labute approximate surface area is 169 Å². The minimum atomic E-state index is 0.0742. The number of aromatic nitrogens is 4. The van der Waals surface area contributed by atoms with E-state index in [1.165, 1.54) is 12.8 Å². The van der Waals surface area contributed by atoms with Gasteiger partial charge in [-0.3, -0.25) is 0 Å². The molecule has 2 fully saturated rings. The number of anilines is 1. The van der Waals surface area contributed by atoms with E-state index >= 15 is 0 Å². The zero-order chi connectivity index (χ0) is 19.6. The number of nitrogens with one attached hydrogen (secondary N) is 1. The molecule has 2 amide bonds. The first kappa shape index (κ1) is 17.9. The second kappa shape index (κ2) is 7.69. The largest absolute Gasteiger partial charge is 0.352 e. The fourth-order valence-corrected chi connectivity index (χ4v) is 4.19. The van der Waals surface area contributed by atoms with Crippen LogP contribution >= 0.6 is 0 Å². The van der Waals surface area contributed by atoms with Gasteiger partial charge in [0.05, 0.1) is 0 Å². The highest BCUT2D eigenvalue weighted by Gasteiger charge is 2.25. The molecule has 3 aromatic rings. The van der Waals surface area contributed by atoms with Crippen LogP contribution in [0.2, 0.25) is 0 Å². The van der Waals surface area contributed by atoms with Crippen LogP contribution < -0.4 is 10.2 Å². The average molecular weight is 391 g/mol. The number of carbonyl (C=O) groups excluding carboxylic acids is 1. The van der Waals surface area contributed by atoms with Crippen molar-refractivity contribution in [1.82, 2.24) is 30.0 Å². The fourth-order valence-electron chi connectivity index (χ4n) is 4.19. The van der Waals surface area contributed by atoms with Gasteiger partial charge in [0.15, 0.2) is 11.5 Å². The Morgan fingerprint density at radius 3 is 2.45 bits per heavy atom. The van der Waals surface area contributed by atoms with E-state index < -0.39 is 0 Å². The van der Waals surface area contributed by atoms with Gasteiger partial charge in [0, 0.05) is 37.8 Å². The molecule has 150 valence electrons. The number of piperazine rings is 1. The number of carbonyl (C=O) groups is 1. The zero-order valence-electron chi connectivity index (χ0n) is 16.4. The van der Waals surface area contributed by atoms with Crippen molar-refractivity contribution in [3.63, 3.8) is 0 Å². The van der Waals surface area contributed by atoms with Crippen LogP contribution in [0, 0.1) is 0 Å². The summed E-state index contributed by atoms with van der Waals surface area (Å²) in [5.41, 5.74) is 1.71. The van der Waals surface area contributed by atoms with E-state index in [-0.39, 0.29) is 6.03 Å². The van der Waals surface area contributed by atoms with Gasteiger partial charge in [-0.1, -0.05) is 43.2 Å². The van der Waals surface area contributed by atoms with Crippen molar-refractivity contribution in [2.24, 2.45) is 0 Å². The Bertz CT molecular complexity index is 989. The molecule has 1 aliphatic carbocycles. The van der Waals surface area contributed by atoms with E-state index in [9.17, 15) is 4.79 Å². The lowest BCUT2D eigenvalue weighted by atomic mass is 10.2. The highest BCUT2D eigenvalue weighted by atomic mass is 16.2. The quantitative estimate of drug-likeness (QED) is 0.742. The van der Waals surface area contributed by atoms with E-state index in [1.54, 1.807) is 4.52 Å². The number of benzene rings is 1. The highest BCUT2D eigenvalue weighted by molar-refractivity contribution is 5.75. The van der Waals surface area contributed by atoms with Gasteiger partial charge < -0.3 is 15.1 Å². The summed E-state index contributed by atoms with van der Waals surface area (Å²) < 4.78 is 1.80. The Balaban J connectivity index is 1.29. The molecule has 29 heavy (non-hydrogen) atoms. The Kier molecular flexibility index (Phi) is 4.75. The van der Waals surface area contributed by atoms with Crippen molar-refractivity contribution in [3.05, 3.63) is 42.5 Å². The van der Waals surface area contributed by atoms with E-state index in [0.29, 0.717) is 19.1 Å². The summed E-state index contributed by atoms with van der Waals surface area (Å²) in [4.78, 5) is 16.6. The van der Waals surface area contributed by atoms with Crippen LogP contribution in [0.1, 0.15) is 25.7 Å². The summed E-state index contributed by atoms with van der Waals surface area (Å²) in [5.74, 6) is 1.61. The number of amides is 2. The minimum absolute atomic E-state index is 0.0742. The van der Waals surface area contributed by atoms with E-state index in [1.807, 2.05) is 47.4 Å². The average Bonchev–Trinajstić information content (AvgIpc) is 3.44. The van der Waals surface area contributed by atoms with Crippen molar-refractivity contribution >= 4 is 17.5 Å². The van der Waals surface area contributed by atoms with Crippen LogP contribution in [-0.4, -0.2) is 63.0 Å². The topological polar surface area (TPSA) is 78.7 Å². The SMILES string of the molecule is O=C(NC1CCCC1)N1CCN(c2ccc3nnc(-c4ccccc4)n3n2)CC1. The van der Waals surface area contributed by atoms with Crippen LogP contribution in [-0.2, 0) is 0 Å². The molecule has 3 heterocycles. The molecule has 8 nitrogen and oxygen atoms in total. The van der Waals surface area contributed by atoms with E-state index in [0.717, 1.165) is 48.8 Å². The fraction of sp³-hybridized carbons (Fsp3) is 0.429. The third kappa shape index (κ3) is 3.62. The molecule has 1 aromatic carbocycles. The van der Waals surface area contributed by atoms with Crippen LogP contribution in [0.5, 0.6) is 0 Å². The predicted octanol–water partition coefficient (Wildman–Crippen LogP) is 2.57. The highest BCUT2D eigenvalue weighted by Crippen LogP contribution is 2.21. The summed E-state index contributed by atoms with van der Waals surface area (Å²) in [6.07, 6.45) is 4.67. The van der Waals surface area contributed by atoms with E-state index in [4.69, 9.17) is 5.10 Å². The molecular formula is C21H25N7O. The molecule has 0 bridgehead atoms. The monoisotopic (exact) mass is 391 g/mol. The van der Waals surface area contributed by atoms with Crippen molar-refractivity contribution in [2.45, 2.75) is 31.7 Å². The van der Waals surface area contributed by atoms with Gasteiger partial charge in [0.25, 0.3) is 0 Å². The van der Waals surface area contributed by atoms with Crippen molar-refractivity contribution in [1.29, 1.82) is 0 Å². The van der Waals surface area contributed by atoms with Gasteiger partial charge in [0.1, 0.15) is 5.82 Å². The molecule has 1 saturated carbocycles. The zero-order valence-corrected chi connectivity index (χ0v) is 16.4. The lowest BCUT2D eigenvalue weighted by Gasteiger charge is -2.35. The minimum Gasteiger partial charge on any atom is -0.352 e.